The molecule has 9 heteroatoms. The van der Waals surface area contributed by atoms with Gasteiger partial charge < -0.3 is 10.1 Å². The molecular formula is C14H12N4O5. The molecule has 1 aliphatic heterocycles. The lowest BCUT2D eigenvalue weighted by atomic mass is 10.1. The summed E-state index contributed by atoms with van der Waals surface area (Å²) in [6.45, 7) is 0.0150. The molecule has 0 saturated carbocycles. The summed E-state index contributed by atoms with van der Waals surface area (Å²) in [5, 5.41) is 8.98. The fourth-order valence-corrected chi connectivity index (χ4v) is 2.25. The second-order valence-corrected chi connectivity index (χ2v) is 4.80. The summed E-state index contributed by atoms with van der Waals surface area (Å²) in [5.74, 6) is -1.48. The molecule has 1 aliphatic rings. The topological polar surface area (TPSA) is 121 Å². The lowest BCUT2D eigenvalue weighted by Gasteiger charge is -2.12. The van der Waals surface area contributed by atoms with E-state index in [9.17, 15) is 19.2 Å². The minimum Gasteiger partial charge on any atom is -0.451 e. The summed E-state index contributed by atoms with van der Waals surface area (Å²) in [6, 6.07) is 5.90. The molecule has 0 unspecified atom stereocenters. The predicted molar refractivity (Wildman–Crippen MR) is 77.8 cm³/mol. The molecule has 1 aromatic heterocycles. The third-order valence-electron chi connectivity index (χ3n) is 3.37. The van der Waals surface area contributed by atoms with Gasteiger partial charge in [0.25, 0.3) is 11.5 Å². The first-order valence-corrected chi connectivity index (χ1v) is 6.80. The van der Waals surface area contributed by atoms with E-state index in [1.54, 1.807) is 24.3 Å². The van der Waals surface area contributed by atoms with E-state index in [2.05, 4.69) is 15.5 Å². The number of nitrogens with one attached hydrogen (secondary N) is 2. The fourth-order valence-electron chi connectivity index (χ4n) is 2.25. The monoisotopic (exact) mass is 316 g/mol. The zero-order valence-electron chi connectivity index (χ0n) is 11.9. The van der Waals surface area contributed by atoms with Gasteiger partial charge in [0.05, 0.1) is 5.39 Å². The van der Waals surface area contributed by atoms with E-state index in [1.807, 2.05) is 0 Å². The molecule has 1 aromatic carbocycles. The van der Waals surface area contributed by atoms with Crippen molar-refractivity contribution in [2.45, 2.75) is 0 Å². The average Bonchev–Trinajstić information content (AvgIpc) is 2.99. The maximum atomic E-state index is 12.1. The second-order valence-electron chi connectivity index (χ2n) is 4.80. The normalized spacial score (nSPS) is 13.9. The van der Waals surface area contributed by atoms with Crippen LogP contribution in [0.25, 0.3) is 10.8 Å². The van der Waals surface area contributed by atoms with Crippen LogP contribution < -0.4 is 10.9 Å². The van der Waals surface area contributed by atoms with Gasteiger partial charge in [0.1, 0.15) is 0 Å². The second kappa shape index (κ2) is 5.87. The highest BCUT2D eigenvalue weighted by Gasteiger charge is 2.27. The van der Waals surface area contributed by atoms with Crippen molar-refractivity contribution >= 4 is 28.7 Å². The van der Waals surface area contributed by atoms with Crippen LogP contribution in [-0.2, 0) is 9.53 Å². The van der Waals surface area contributed by atoms with Crippen molar-refractivity contribution < 1.29 is 19.1 Å². The number of fused-ring (bicyclic) bond motifs is 1. The maximum Gasteiger partial charge on any atom is 0.359 e. The Kier molecular flexibility index (Phi) is 3.75. The van der Waals surface area contributed by atoms with Crippen LogP contribution in [0.1, 0.15) is 10.5 Å². The largest absolute Gasteiger partial charge is 0.451 e. The van der Waals surface area contributed by atoms with Crippen molar-refractivity contribution in [3.8, 4) is 0 Å². The van der Waals surface area contributed by atoms with Crippen LogP contribution in [0.2, 0.25) is 0 Å². The number of ether oxygens (including phenoxy) is 1. The van der Waals surface area contributed by atoms with Crippen LogP contribution in [0.15, 0.2) is 29.1 Å². The number of rotatable bonds is 3. The van der Waals surface area contributed by atoms with Crippen molar-refractivity contribution in [2.75, 3.05) is 19.7 Å². The first-order valence-electron chi connectivity index (χ1n) is 6.80. The van der Waals surface area contributed by atoms with E-state index in [4.69, 9.17) is 4.74 Å². The first kappa shape index (κ1) is 14.7. The summed E-state index contributed by atoms with van der Waals surface area (Å²) < 4.78 is 4.90. The molecule has 1 fully saturated rings. The van der Waals surface area contributed by atoms with Crippen LogP contribution in [0.5, 0.6) is 0 Å². The Morgan fingerprint density at radius 1 is 1.22 bits per heavy atom. The number of H-pyrrole nitrogens is 1. The lowest BCUT2D eigenvalue weighted by molar-refractivity contribution is -0.130. The zero-order chi connectivity index (χ0) is 16.4. The van der Waals surface area contributed by atoms with Crippen molar-refractivity contribution in [3.05, 3.63) is 40.3 Å². The van der Waals surface area contributed by atoms with E-state index in [-0.39, 0.29) is 12.2 Å². The molecule has 3 amide bonds. The van der Waals surface area contributed by atoms with Crippen LogP contribution in [0.3, 0.4) is 0 Å². The minimum atomic E-state index is -0.856. The SMILES string of the molecule is O=C(OCC(=O)N1CCNC1=O)c1n[nH]c(=O)c2ccccc12. The van der Waals surface area contributed by atoms with E-state index in [1.165, 1.54) is 0 Å². The molecule has 0 spiro atoms. The highest BCUT2D eigenvalue weighted by Crippen LogP contribution is 2.13. The van der Waals surface area contributed by atoms with E-state index >= 15 is 0 Å². The number of aromatic amines is 1. The van der Waals surface area contributed by atoms with Crippen molar-refractivity contribution in [1.82, 2.24) is 20.4 Å². The molecule has 0 radical (unpaired) electrons. The van der Waals surface area contributed by atoms with Gasteiger partial charge in [-0.2, -0.15) is 5.10 Å². The van der Waals surface area contributed by atoms with Gasteiger partial charge in [-0.05, 0) is 6.07 Å². The quantitative estimate of drug-likeness (QED) is 0.745. The molecule has 2 N–H and O–H groups in total. The average molecular weight is 316 g/mol. The smallest absolute Gasteiger partial charge is 0.359 e. The number of carbonyl (C=O) groups is 3. The fraction of sp³-hybridized carbons (Fsp3) is 0.214. The summed E-state index contributed by atoms with van der Waals surface area (Å²) >= 11 is 0. The van der Waals surface area contributed by atoms with Crippen molar-refractivity contribution in [2.24, 2.45) is 0 Å². The van der Waals surface area contributed by atoms with Crippen LogP contribution in [-0.4, -0.2) is 52.7 Å². The van der Waals surface area contributed by atoms with Crippen LogP contribution in [0, 0.1) is 0 Å². The summed E-state index contributed by atoms with van der Waals surface area (Å²) in [6.07, 6.45) is 0. The standard InChI is InChI=1S/C14H12N4O5/c19-10(18-6-5-15-14(18)22)7-23-13(21)11-8-3-1-2-4-9(8)12(20)17-16-11/h1-4H,5-7H2,(H,15,22)(H,17,20). The summed E-state index contributed by atoms with van der Waals surface area (Å²) in [4.78, 5) is 47.9. The van der Waals surface area contributed by atoms with Crippen molar-refractivity contribution in [1.29, 1.82) is 0 Å². The predicted octanol–water partition coefficient (Wildman–Crippen LogP) is -0.368. The number of amides is 3. The Hall–Kier alpha value is -3.23. The van der Waals surface area contributed by atoms with Gasteiger partial charge in [-0.3, -0.25) is 14.5 Å². The van der Waals surface area contributed by atoms with Gasteiger partial charge in [0.2, 0.25) is 0 Å². The molecular weight excluding hydrogens is 304 g/mol. The minimum absolute atomic E-state index is 0.0983. The molecule has 118 valence electrons. The highest BCUT2D eigenvalue weighted by molar-refractivity contribution is 6.03. The van der Waals surface area contributed by atoms with E-state index in [0.29, 0.717) is 17.3 Å². The Bertz CT molecular complexity index is 860. The highest BCUT2D eigenvalue weighted by atomic mass is 16.5. The maximum absolute atomic E-state index is 12.1. The number of imide groups is 1. The van der Waals surface area contributed by atoms with Gasteiger partial charge in [-0.15, -0.1) is 0 Å². The number of urea groups is 1. The number of aromatic nitrogens is 2. The third kappa shape index (κ3) is 2.76. The Morgan fingerprint density at radius 3 is 2.65 bits per heavy atom. The molecule has 0 bridgehead atoms. The Balaban J connectivity index is 1.77. The molecule has 0 atom stereocenters. The molecule has 23 heavy (non-hydrogen) atoms. The Morgan fingerprint density at radius 2 is 1.96 bits per heavy atom. The van der Waals surface area contributed by atoms with Crippen LogP contribution >= 0.6 is 0 Å². The summed E-state index contributed by atoms with van der Waals surface area (Å²) in [7, 11) is 0. The molecule has 3 rings (SSSR count). The molecule has 0 aliphatic carbocycles. The van der Waals surface area contributed by atoms with E-state index in [0.717, 1.165) is 4.90 Å². The number of benzene rings is 1. The van der Waals surface area contributed by atoms with Gasteiger partial charge in [0, 0.05) is 18.5 Å². The number of hydrogen-bond acceptors (Lipinski definition) is 6. The first-order chi connectivity index (χ1) is 11.1. The van der Waals surface area contributed by atoms with Crippen LogP contribution in [0.4, 0.5) is 4.79 Å². The number of carbonyl (C=O) groups excluding carboxylic acids is 3. The van der Waals surface area contributed by atoms with Crippen molar-refractivity contribution in [3.63, 3.8) is 0 Å². The van der Waals surface area contributed by atoms with Gasteiger partial charge in [0.15, 0.2) is 12.3 Å². The molecule has 9 nitrogen and oxygen atoms in total. The zero-order valence-corrected chi connectivity index (χ0v) is 11.9. The number of hydrogen-bond donors (Lipinski definition) is 2. The van der Waals surface area contributed by atoms with Gasteiger partial charge in [-0.25, -0.2) is 14.7 Å². The molecule has 2 heterocycles. The van der Waals surface area contributed by atoms with Gasteiger partial charge in [-0.1, -0.05) is 18.2 Å². The lowest BCUT2D eigenvalue weighted by Crippen LogP contribution is -2.37. The number of esters is 1. The molecule has 2 aromatic rings. The molecule has 1 saturated heterocycles. The Labute approximate surface area is 129 Å². The van der Waals surface area contributed by atoms with E-state index < -0.39 is 30.1 Å². The van der Waals surface area contributed by atoms with Gasteiger partial charge >= 0.3 is 12.0 Å². The number of nitrogens with zero attached hydrogens (tertiary/aromatic N) is 2. The summed E-state index contributed by atoms with van der Waals surface area (Å²) in [5.41, 5.74) is -0.527. The third-order valence-corrected chi connectivity index (χ3v) is 3.37.